The molecule has 2 aromatic rings. The van der Waals surface area contributed by atoms with Crippen LogP contribution in [0.25, 0.3) is 0 Å². The van der Waals surface area contributed by atoms with E-state index in [1.165, 1.54) is 11.4 Å². The second-order valence-corrected chi connectivity index (χ2v) is 7.64. The van der Waals surface area contributed by atoms with Crippen LogP contribution in [0.4, 0.5) is 5.69 Å². The number of carbonyl (C=O) groups is 1. The van der Waals surface area contributed by atoms with E-state index in [4.69, 9.17) is 4.42 Å². The highest BCUT2D eigenvalue weighted by atomic mass is 32.2. The Morgan fingerprint density at radius 2 is 1.92 bits per heavy atom. The van der Waals surface area contributed by atoms with Crippen LogP contribution in [0.15, 0.2) is 47.1 Å². The van der Waals surface area contributed by atoms with Gasteiger partial charge in [0.15, 0.2) is 0 Å². The van der Waals surface area contributed by atoms with Crippen molar-refractivity contribution in [1.82, 2.24) is 5.32 Å². The molecule has 0 aliphatic rings. The summed E-state index contributed by atoms with van der Waals surface area (Å²) in [4.78, 5) is 12.1. The molecule has 130 valence electrons. The van der Waals surface area contributed by atoms with Gasteiger partial charge in [-0.05, 0) is 49.7 Å². The lowest BCUT2D eigenvalue weighted by molar-refractivity contribution is 0.0953. The molecule has 1 amide bonds. The molecule has 0 bridgehead atoms. The molecule has 7 heteroatoms. The highest BCUT2D eigenvalue weighted by Gasteiger charge is 2.16. The van der Waals surface area contributed by atoms with Crippen LogP contribution in [0.3, 0.4) is 0 Å². The van der Waals surface area contributed by atoms with E-state index in [-0.39, 0.29) is 11.7 Å². The SMILES string of the molecule is CCS(=O)(=O)N(C)c1ccc(C(=O)NCCCc2ccco2)cc1. The van der Waals surface area contributed by atoms with Crippen molar-refractivity contribution in [2.75, 3.05) is 23.7 Å². The predicted molar refractivity (Wildman–Crippen MR) is 93.7 cm³/mol. The van der Waals surface area contributed by atoms with Crippen molar-refractivity contribution in [3.05, 3.63) is 54.0 Å². The summed E-state index contributed by atoms with van der Waals surface area (Å²) in [5.41, 5.74) is 1.03. The van der Waals surface area contributed by atoms with E-state index >= 15 is 0 Å². The van der Waals surface area contributed by atoms with E-state index in [9.17, 15) is 13.2 Å². The first-order chi connectivity index (χ1) is 11.4. The molecule has 0 saturated heterocycles. The van der Waals surface area contributed by atoms with Crippen molar-refractivity contribution >= 4 is 21.6 Å². The second kappa shape index (κ2) is 8.01. The van der Waals surface area contributed by atoms with Gasteiger partial charge in [0, 0.05) is 25.6 Å². The number of nitrogens with one attached hydrogen (secondary N) is 1. The van der Waals surface area contributed by atoms with Gasteiger partial charge in [-0.25, -0.2) is 8.42 Å². The fourth-order valence-corrected chi connectivity index (χ4v) is 3.03. The number of furan rings is 1. The Morgan fingerprint density at radius 3 is 2.50 bits per heavy atom. The van der Waals surface area contributed by atoms with Crippen LogP contribution in [0.2, 0.25) is 0 Å². The van der Waals surface area contributed by atoms with Crippen molar-refractivity contribution in [3.8, 4) is 0 Å². The smallest absolute Gasteiger partial charge is 0.251 e. The Labute approximate surface area is 142 Å². The van der Waals surface area contributed by atoms with E-state index in [2.05, 4.69) is 5.32 Å². The molecule has 0 unspecified atom stereocenters. The van der Waals surface area contributed by atoms with Gasteiger partial charge >= 0.3 is 0 Å². The fraction of sp³-hybridized carbons (Fsp3) is 0.353. The lowest BCUT2D eigenvalue weighted by atomic mass is 10.2. The summed E-state index contributed by atoms with van der Waals surface area (Å²) in [7, 11) is -1.80. The van der Waals surface area contributed by atoms with E-state index in [1.807, 2.05) is 12.1 Å². The van der Waals surface area contributed by atoms with Crippen LogP contribution >= 0.6 is 0 Å². The number of hydrogen-bond acceptors (Lipinski definition) is 4. The molecule has 2 rings (SSSR count). The third-order valence-electron chi connectivity index (χ3n) is 3.74. The number of anilines is 1. The summed E-state index contributed by atoms with van der Waals surface area (Å²) >= 11 is 0. The monoisotopic (exact) mass is 350 g/mol. The van der Waals surface area contributed by atoms with E-state index in [0.717, 1.165) is 18.6 Å². The zero-order chi connectivity index (χ0) is 17.6. The molecule has 0 aliphatic heterocycles. The summed E-state index contributed by atoms with van der Waals surface area (Å²) in [6.45, 7) is 2.14. The molecular formula is C17H22N2O4S. The van der Waals surface area contributed by atoms with E-state index in [0.29, 0.717) is 17.8 Å². The number of hydrogen-bond donors (Lipinski definition) is 1. The first kappa shape index (κ1) is 18.1. The van der Waals surface area contributed by atoms with Gasteiger partial charge in [-0.1, -0.05) is 0 Å². The van der Waals surface area contributed by atoms with Crippen molar-refractivity contribution in [3.63, 3.8) is 0 Å². The maximum absolute atomic E-state index is 12.1. The standard InChI is InChI=1S/C17H22N2O4S/c1-3-24(21,22)19(2)15-10-8-14(9-11-15)17(20)18-12-4-6-16-7-5-13-23-16/h5,7-11,13H,3-4,6,12H2,1-2H3,(H,18,20). The number of aryl methyl sites for hydroxylation is 1. The third-order valence-corrected chi connectivity index (χ3v) is 5.52. The van der Waals surface area contributed by atoms with Gasteiger partial charge in [-0.3, -0.25) is 9.10 Å². The predicted octanol–water partition coefficient (Wildman–Crippen LogP) is 2.43. The summed E-state index contributed by atoms with van der Waals surface area (Å²) in [6, 6.07) is 10.3. The summed E-state index contributed by atoms with van der Waals surface area (Å²) < 4.78 is 30.1. The largest absolute Gasteiger partial charge is 0.469 e. The highest BCUT2D eigenvalue weighted by molar-refractivity contribution is 7.92. The molecule has 0 atom stereocenters. The van der Waals surface area contributed by atoms with Crippen molar-refractivity contribution in [2.24, 2.45) is 0 Å². The molecule has 1 aromatic carbocycles. The van der Waals surface area contributed by atoms with E-state index in [1.54, 1.807) is 37.5 Å². The maximum atomic E-state index is 12.1. The number of sulfonamides is 1. The van der Waals surface area contributed by atoms with Gasteiger partial charge < -0.3 is 9.73 Å². The van der Waals surface area contributed by atoms with Crippen molar-refractivity contribution in [2.45, 2.75) is 19.8 Å². The minimum atomic E-state index is -3.30. The van der Waals surface area contributed by atoms with Gasteiger partial charge in [-0.2, -0.15) is 0 Å². The first-order valence-electron chi connectivity index (χ1n) is 7.81. The average molecular weight is 350 g/mol. The zero-order valence-electron chi connectivity index (χ0n) is 13.9. The fourth-order valence-electron chi connectivity index (χ4n) is 2.20. The number of amides is 1. The van der Waals surface area contributed by atoms with Crippen LogP contribution in [0.5, 0.6) is 0 Å². The Morgan fingerprint density at radius 1 is 1.21 bits per heavy atom. The Hall–Kier alpha value is -2.28. The Balaban J connectivity index is 1.87. The van der Waals surface area contributed by atoms with Crippen LogP contribution in [0, 0.1) is 0 Å². The van der Waals surface area contributed by atoms with Crippen LogP contribution in [-0.2, 0) is 16.4 Å². The molecule has 0 aliphatic carbocycles. The number of benzene rings is 1. The highest BCUT2D eigenvalue weighted by Crippen LogP contribution is 2.17. The van der Waals surface area contributed by atoms with Gasteiger partial charge in [-0.15, -0.1) is 0 Å². The van der Waals surface area contributed by atoms with Crippen molar-refractivity contribution in [1.29, 1.82) is 0 Å². The molecule has 24 heavy (non-hydrogen) atoms. The first-order valence-corrected chi connectivity index (χ1v) is 9.42. The zero-order valence-corrected chi connectivity index (χ0v) is 14.7. The molecule has 1 aromatic heterocycles. The van der Waals surface area contributed by atoms with Crippen LogP contribution in [0.1, 0.15) is 29.5 Å². The molecule has 0 fully saturated rings. The normalized spacial score (nSPS) is 11.2. The number of carbonyl (C=O) groups excluding carboxylic acids is 1. The molecular weight excluding hydrogens is 328 g/mol. The second-order valence-electron chi connectivity index (χ2n) is 5.35. The molecule has 1 heterocycles. The molecule has 0 radical (unpaired) electrons. The third kappa shape index (κ3) is 4.61. The lowest BCUT2D eigenvalue weighted by Gasteiger charge is -2.18. The number of rotatable bonds is 8. The Bertz CT molecular complexity index is 752. The lowest BCUT2D eigenvalue weighted by Crippen LogP contribution is -2.28. The minimum absolute atomic E-state index is 0.0292. The summed E-state index contributed by atoms with van der Waals surface area (Å²) in [5.74, 6) is 0.747. The molecule has 0 spiro atoms. The Kier molecular flexibility index (Phi) is 6.03. The number of nitrogens with zero attached hydrogens (tertiary/aromatic N) is 1. The van der Waals surface area contributed by atoms with Gasteiger partial charge in [0.05, 0.1) is 17.7 Å². The minimum Gasteiger partial charge on any atom is -0.469 e. The molecule has 0 saturated carbocycles. The van der Waals surface area contributed by atoms with Crippen LogP contribution in [-0.4, -0.2) is 33.7 Å². The topological polar surface area (TPSA) is 79.6 Å². The summed E-state index contributed by atoms with van der Waals surface area (Å²) in [5, 5.41) is 2.84. The summed E-state index contributed by atoms with van der Waals surface area (Å²) in [6.07, 6.45) is 3.19. The average Bonchev–Trinajstić information content (AvgIpc) is 3.11. The molecule has 6 nitrogen and oxygen atoms in total. The van der Waals surface area contributed by atoms with Crippen molar-refractivity contribution < 1.29 is 17.6 Å². The van der Waals surface area contributed by atoms with Gasteiger partial charge in [0.2, 0.25) is 10.0 Å². The quantitative estimate of drug-likeness (QED) is 0.742. The van der Waals surface area contributed by atoms with Gasteiger partial charge in [0.25, 0.3) is 5.91 Å². The van der Waals surface area contributed by atoms with E-state index < -0.39 is 10.0 Å². The van der Waals surface area contributed by atoms with Crippen LogP contribution < -0.4 is 9.62 Å². The van der Waals surface area contributed by atoms with Gasteiger partial charge in [0.1, 0.15) is 5.76 Å². The maximum Gasteiger partial charge on any atom is 0.251 e. The molecule has 1 N–H and O–H groups in total.